The van der Waals surface area contributed by atoms with Gasteiger partial charge < -0.3 is 5.32 Å². The molecule has 27 heavy (non-hydrogen) atoms. The van der Waals surface area contributed by atoms with E-state index in [4.69, 9.17) is 0 Å². The molecule has 1 fully saturated rings. The van der Waals surface area contributed by atoms with E-state index < -0.39 is 29.7 Å². The summed E-state index contributed by atoms with van der Waals surface area (Å²) in [4.78, 5) is 39.5. The zero-order valence-electron chi connectivity index (χ0n) is 15.1. The number of carbonyl (C=O) groups excluding carboxylic acids is 3. The van der Waals surface area contributed by atoms with Gasteiger partial charge in [-0.05, 0) is 49.2 Å². The molecule has 0 aliphatic carbocycles. The number of carbonyl (C=O) groups is 3. The van der Waals surface area contributed by atoms with E-state index in [-0.39, 0.29) is 6.54 Å². The van der Waals surface area contributed by atoms with E-state index in [0.29, 0.717) is 12.2 Å². The molecule has 4 amide bonds. The molecule has 3 rings (SSSR count). The highest BCUT2D eigenvalue weighted by Crippen LogP contribution is 2.25. The van der Waals surface area contributed by atoms with Crippen molar-refractivity contribution in [3.05, 3.63) is 65.5 Å². The van der Waals surface area contributed by atoms with Gasteiger partial charge in [0.25, 0.3) is 5.91 Å². The van der Waals surface area contributed by atoms with Crippen LogP contribution in [0.5, 0.6) is 0 Å². The van der Waals surface area contributed by atoms with Crippen LogP contribution in [0.25, 0.3) is 0 Å². The van der Waals surface area contributed by atoms with Crippen LogP contribution in [0.1, 0.15) is 18.1 Å². The number of imide groups is 1. The highest BCUT2D eigenvalue weighted by molar-refractivity contribution is 6.15. The van der Waals surface area contributed by atoms with Crippen LogP contribution in [-0.2, 0) is 16.1 Å². The maximum Gasteiger partial charge on any atom is 0.332 e. The Morgan fingerprint density at radius 2 is 1.78 bits per heavy atom. The quantitative estimate of drug-likeness (QED) is 0.824. The number of nitrogens with one attached hydrogen (secondary N) is 1. The van der Waals surface area contributed by atoms with E-state index in [9.17, 15) is 18.8 Å². The van der Waals surface area contributed by atoms with Crippen LogP contribution >= 0.6 is 0 Å². The van der Waals surface area contributed by atoms with Crippen molar-refractivity contribution in [1.82, 2.24) is 10.2 Å². The van der Waals surface area contributed by atoms with Gasteiger partial charge in [-0.2, -0.15) is 0 Å². The van der Waals surface area contributed by atoms with Gasteiger partial charge in [-0.15, -0.1) is 0 Å². The maximum atomic E-state index is 13.1. The molecule has 1 atom stereocenters. The third kappa shape index (κ3) is 3.81. The number of hydrogen-bond acceptors (Lipinski definition) is 3. The van der Waals surface area contributed by atoms with E-state index in [1.54, 1.807) is 6.92 Å². The predicted octanol–water partition coefficient (Wildman–Crippen LogP) is 2.61. The standard InChI is InChI=1S/C20H20FN3O3/c1-13-5-3-4-6-15(13)11-22-18(25)12-23-19(26)14(2)24(20(23)27)17-9-7-16(21)8-10-17/h3-10,14H,11-12H2,1-2H3,(H,22,25). The number of anilines is 1. The summed E-state index contributed by atoms with van der Waals surface area (Å²) in [7, 11) is 0. The highest BCUT2D eigenvalue weighted by Gasteiger charge is 2.43. The van der Waals surface area contributed by atoms with Gasteiger partial charge >= 0.3 is 6.03 Å². The first-order valence-electron chi connectivity index (χ1n) is 8.60. The SMILES string of the molecule is Cc1ccccc1CNC(=O)CN1C(=O)C(C)N(c2ccc(F)cc2)C1=O. The van der Waals surface area contributed by atoms with Crippen molar-refractivity contribution in [2.75, 3.05) is 11.4 Å². The van der Waals surface area contributed by atoms with Gasteiger partial charge in [0.15, 0.2) is 0 Å². The van der Waals surface area contributed by atoms with E-state index in [1.165, 1.54) is 29.2 Å². The second-order valence-electron chi connectivity index (χ2n) is 6.43. The summed E-state index contributed by atoms with van der Waals surface area (Å²) in [5, 5.41) is 2.73. The molecule has 0 bridgehead atoms. The first-order chi connectivity index (χ1) is 12.9. The first-order valence-corrected chi connectivity index (χ1v) is 8.60. The summed E-state index contributed by atoms with van der Waals surface area (Å²) in [6.45, 7) is 3.48. The van der Waals surface area contributed by atoms with Crippen molar-refractivity contribution >= 4 is 23.5 Å². The van der Waals surface area contributed by atoms with E-state index in [1.807, 2.05) is 31.2 Å². The molecule has 0 radical (unpaired) electrons. The summed E-state index contributed by atoms with van der Waals surface area (Å²) >= 11 is 0. The summed E-state index contributed by atoms with van der Waals surface area (Å²) in [5.41, 5.74) is 2.42. The molecule has 6 nitrogen and oxygen atoms in total. The predicted molar refractivity (Wildman–Crippen MR) is 98.5 cm³/mol. The Labute approximate surface area is 156 Å². The Bertz CT molecular complexity index is 882. The lowest BCUT2D eigenvalue weighted by Gasteiger charge is -2.19. The molecule has 1 saturated heterocycles. The Balaban J connectivity index is 1.67. The number of rotatable bonds is 5. The Morgan fingerprint density at radius 3 is 2.44 bits per heavy atom. The lowest BCUT2D eigenvalue weighted by molar-refractivity contribution is -0.131. The number of halogens is 1. The van der Waals surface area contributed by atoms with E-state index >= 15 is 0 Å². The monoisotopic (exact) mass is 369 g/mol. The molecule has 1 unspecified atom stereocenters. The van der Waals surface area contributed by atoms with Gasteiger partial charge in [0.2, 0.25) is 5.91 Å². The number of benzene rings is 2. The van der Waals surface area contributed by atoms with Crippen molar-refractivity contribution in [2.45, 2.75) is 26.4 Å². The minimum Gasteiger partial charge on any atom is -0.350 e. The Hall–Kier alpha value is -3.22. The van der Waals surface area contributed by atoms with Crippen LogP contribution in [0.2, 0.25) is 0 Å². The molecule has 2 aromatic rings. The topological polar surface area (TPSA) is 69.7 Å². The highest BCUT2D eigenvalue weighted by atomic mass is 19.1. The maximum absolute atomic E-state index is 13.1. The smallest absolute Gasteiger partial charge is 0.332 e. The van der Waals surface area contributed by atoms with Gasteiger partial charge in [-0.3, -0.25) is 19.4 Å². The van der Waals surface area contributed by atoms with Crippen molar-refractivity contribution in [3.8, 4) is 0 Å². The third-order valence-electron chi connectivity index (χ3n) is 4.59. The number of aryl methyl sites for hydroxylation is 1. The van der Waals surface area contributed by atoms with Gasteiger partial charge in [0.1, 0.15) is 18.4 Å². The second kappa shape index (κ2) is 7.57. The van der Waals surface area contributed by atoms with Crippen LogP contribution in [-0.4, -0.2) is 35.3 Å². The molecule has 1 aliphatic rings. The molecule has 0 spiro atoms. The average molecular weight is 369 g/mol. The summed E-state index contributed by atoms with van der Waals surface area (Å²) in [6.07, 6.45) is 0. The normalized spacial score (nSPS) is 16.8. The van der Waals surface area contributed by atoms with Gasteiger partial charge in [0, 0.05) is 12.2 Å². The first kappa shape index (κ1) is 18.6. The van der Waals surface area contributed by atoms with Crippen LogP contribution in [0.4, 0.5) is 14.9 Å². The zero-order valence-corrected chi connectivity index (χ0v) is 15.1. The largest absolute Gasteiger partial charge is 0.350 e. The summed E-state index contributed by atoms with van der Waals surface area (Å²) < 4.78 is 13.1. The molecule has 2 aromatic carbocycles. The van der Waals surface area contributed by atoms with Gasteiger partial charge in [-0.1, -0.05) is 24.3 Å². The number of amides is 4. The number of hydrogen-bond donors (Lipinski definition) is 1. The van der Waals surface area contributed by atoms with Crippen LogP contribution in [0.15, 0.2) is 48.5 Å². The molecule has 1 heterocycles. The fraction of sp³-hybridized carbons (Fsp3) is 0.250. The third-order valence-corrected chi connectivity index (χ3v) is 4.59. The molecule has 1 N–H and O–H groups in total. The van der Waals surface area contributed by atoms with Gasteiger partial charge in [-0.25, -0.2) is 9.18 Å². The second-order valence-corrected chi connectivity index (χ2v) is 6.43. The molecule has 7 heteroatoms. The van der Waals surface area contributed by atoms with Gasteiger partial charge in [0.05, 0.1) is 0 Å². The minimum atomic E-state index is -0.757. The summed E-state index contributed by atoms with van der Waals surface area (Å²) in [6, 6.07) is 11.6. The molecule has 1 aliphatic heterocycles. The van der Waals surface area contributed by atoms with Crippen molar-refractivity contribution in [3.63, 3.8) is 0 Å². The lowest BCUT2D eigenvalue weighted by atomic mass is 10.1. The fourth-order valence-electron chi connectivity index (χ4n) is 3.01. The minimum absolute atomic E-state index is 0.318. The average Bonchev–Trinajstić information content (AvgIpc) is 2.85. The number of urea groups is 1. The molecule has 0 aromatic heterocycles. The van der Waals surface area contributed by atoms with E-state index in [2.05, 4.69) is 5.32 Å². The van der Waals surface area contributed by atoms with Crippen molar-refractivity contribution in [1.29, 1.82) is 0 Å². The molecular weight excluding hydrogens is 349 g/mol. The fourth-order valence-corrected chi connectivity index (χ4v) is 3.01. The number of nitrogens with zero attached hydrogens (tertiary/aromatic N) is 2. The van der Waals surface area contributed by atoms with Crippen LogP contribution in [0.3, 0.4) is 0 Å². The molecule has 0 saturated carbocycles. The van der Waals surface area contributed by atoms with Crippen LogP contribution in [0, 0.1) is 12.7 Å². The van der Waals surface area contributed by atoms with Crippen molar-refractivity contribution in [2.24, 2.45) is 0 Å². The zero-order chi connectivity index (χ0) is 19.6. The Morgan fingerprint density at radius 1 is 1.11 bits per heavy atom. The molecular formula is C20H20FN3O3. The lowest BCUT2D eigenvalue weighted by Crippen LogP contribution is -2.41. The Kier molecular flexibility index (Phi) is 5.21. The summed E-state index contributed by atoms with van der Waals surface area (Å²) in [5.74, 6) is -1.32. The van der Waals surface area contributed by atoms with Crippen LogP contribution < -0.4 is 10.2 Å². The van der Waals surface area contributed by atoms with E-state index in [0.717, 1.165) is 16.0 Å². The molecule has 140 valence electrons. The van der Waals surface area contributed by atoms with Crippen molar-refractivity contribution < 1.29 is 18.8 Å².